The number of benzene rings is 1. The third kappa shape index (κ3) is 4.87. The van der Waals surface area contributed by atoms with E-state index < -0.39 is 14.6 Å². The summed E-state index contributed by atoms with van der Waals surface area (Å²) in [5.74, 6) is 0.947. The summed E-state index contributed by atoms with van der Waals surface area (Å²) in [6.07, 6.45) is 3.93. The maximum Gasteiger partial charge on any atom is 0.193 e. The predicted octanol–water partition coefficient (Wildman–Crippen LogP) is 2.26. The van der Waals surface area contributed by atoms with Gasteiger partial charge in [-0.05, 0) is 50.9 Å². The van der Waals surface area contributed by atoms with Crippen LogP contribution in [0.4, 0.5) is 0 Å². The number of hydrogen-bond acceptors (Lipinski definition) is 4. The van der Waals surface area contributed by atoms with Gasteiger partial charge in [0.25, 0.3) is 0 Å². The zero-order chi connectivity index (χ0) is 20.2. The summed E-state index contributed by atoms with van der Waals surface area (Å²) in [7, 11) is -1.29. The van der Waals surface area contributed by atoms with E-state index in [1.807, 2.05) is 0 Å². The largest absolute Gasteiger partial charge is 0.352 e. The third-order valence-electron chi connectivity index (χ3n) is 5.95. The molecule has 3 rings (SSSR count). The second-order valence-corrected chi connectivity index (χ2v) is 11.2. The lowest BCUT2D eigenvalue weighted by Gasteiger charge is -2.39. The first-order chi connectivity index (χ1) is 13.3. The van der Waals surface area contributed by atoms with Gasteiger partial charge in [-0.15, -0.1) is 0 Å². The van der Waals surface area contributed by atoms with Gasteiger partial charge in [-0.25, -0.2) is 8.42 Å². The smallest absolute Gasteiger partial charge is 0.193 e. The second-order valence-electron chi connectivity index (χ2n) is 8.51. The number of rotatable bonds is 4. The van der Waals surface area contributed by atoms with Gasteiger partial charge in [-0.1, -0.05) is 30.7 Å². The number of nitrogens with one attached hydrogen (secondary N) is 1. The fourth-order valence-corrected chi connectivity index (χ4v) is 5.44. The van der Waals surface area contributed by atoms with E-state index in [1.165, 1.54) is 43.5 Å². The molecule has 0 radical (unpaired) electrons. The Morgan fingerprint density at radius 2 is 1.79 bits per heavy atom. The Morgan fingerprint density at radius 1 is 1.11 bits per heavy atom. The fraction of sp³-hybridized carbons (Fsp3) is 0.667. The van der Waals surface area contributed by atoms with Crippen molar-refractivity contribution in [3.8, 4) is 0 Å². The van der Waals surface area contributed by atoms with E-state index in [2.05, 4.69) is 44.4 Å². The average Bonchev–Trinajstić information content (AvgIpc) is 2.67. The normalized spacial score (nSPS) is 22.8. The molecule has 0 aromatic heterocycles. The van der Waals surface area contributed by atoms with Crippen molar-refractivity contribution in [1.82, 2.24) is 15.1 Å². The van der Waals surface area contributed by atoms with Crippen molar-refractivity contribution in [2.75, 3.05) is 39.0 Å². The van der Waals surface area contributed by atoms with Crippen LogP contribution in [0.3, 0.4) is 0 Å². The predicted molar refractivity (Wildman–Crippen MR) is 115 cm³/mol. The monoisotopic (exact) mass is 406 g/mol. The molecule has 1 aromatic carbocycles. The first-order valence-corrected chi connectivity index (χ1v) is 11.9. The van der Waals surface area contributed by atoms with E-state index >= 15 is 0 Å². The van der Waals surface area contributed by atoms with Crippen LogP contribution in [-0.2, 0) is 22.9 Å². The minimum atomic E-state index is -3.06. The zero-order valence-corrected chi connectivity index (χ0v) is 18.3. The number of likely N-dealkylation sites (tertiary alicyclic amines) is 1. The van der Waals surface area contributed by atoms with Gasteiger partial charge < -0.3 is 10.2 Å². The lowest BCUT2D eigenvalue weighted by molar-refractivity contribution is 0.220. The summed E-state index contributed by atoms with van der Waals surface area (Å²) in [5, 5.41) is 3.46. The maximum atomic E-state index is 12.3. The van der Waals surface area contributed by atoms with Crippen LogP contribution >= 0.6 is 0 Å². The molecule has 0 aliphatic carbocycles. The Kier molecular flexibility index (Phi) is 6.65. The van der Waals surface area contributed by atoms with Gasteiger partial charge in [0.05, 0.1) is 10.5 Å². The number of piperidine rings is 1. The maximum absolute atomic E-state index is 12.3. The number of aliphatic imine (C=N–C) groups is 1. The number of nitrogens with zero attached hydrogens (tertiary/aromatic N) is 3. The third-order valence-corrected chi connectivity index (χ3v) is 8.49. The molecule has 0 unspecified atom stereocenters. The minimum absolute atomic E-state index is 0.173. The van der Waals surface area contributed by atoms with Crippen LogP contribution < -0.4 is 5.32 Å². The standard InChI is InChI=1S/C21H34N4O2S/c1-21(2)17-25(13-14-28(21,26)27)20(22-3)23-15-18-9-5-6-10-19(18)16-24-11-7-4-8-12-24/h5-6,9-10H,4,7-8,11-17H2,1-3H3,(H,22,23). The quantitative estimate of drug-likeness (QED) is 0.614. The van der Waals surface area contributed by atoms with Gasteiger partial charge in [0, 0.05) is 33.2 Å². The van der Waals surface area contributed by atoms with Gasteiger partial charge >= 0.3 is 0 Å². The first-order valence-electron chi connectivity index (χ1n) is 10.3. The van der Waals surface area contributed by atoms with E-state index in [4.69, 9.17) is 0 Å². The van der Waals surface area contributed by atoms with Crippen LogP contribution in [-0.4, -0.2) is 67.9 Å². The Labute approximate surface area is 169 Å². The molecule has 2 fully saturated rings. The van der Waals surface area contributed by atoms with Crippen molar-refractivity contribution < 1.29 is 8.42 Å². The highest BCUT2D eigenvalue weighted by atomic mass is 32.2. The Morgan fingerprint density at radius 3 is 2.43 bits per heavy atom. The summed E-state index contributed by atoms with van der Waals surface area (Å²) in [6.45, 7) is 8.60. The SMILES string of the molecule is CN=C(NCc1ccccc1CN1CCCCC1)N1CCS(=O)(=O)C(C)(C)C1. The van der Waals surface area contributed by atoms with E-state index in [0.717, 1.165) is 12.5 Å². The van der Waals surface area contributed by atoms with Crippen molar-refractivity contribution in [3.63, 3.8) is 0 Å². The van der Waals surface area contributed by atoms with Crippen LogP contribution in [0.25, 0.3) is 0 Å². The molecule has 0 saturated carbocycles. The molecule has 1 N–H and O–H groups in total. The van der Waals surface area contributed by atoms with Crippen molar-refractivity contribution in [2.45, 2.75) is 50.9 Å². The molecule has 0 amide bonds. The Hall–Kier alpha value is -1.60. The van der Waals surface area contributed by atoms with Crippen LogP contribution in [0.15, 0.2) is 29.3 Å². The molecule has 2 aliphatic heterocycles. The highest BCUT2D eigenvalue weighted by Gasteiger charge is 2.40. The highest BCUT2D eigenvalue weighted by Crippen LogP contribution is 2.24. The summed E-state index contributed by atoms with van der Waals surface area (Å²) >= 11 is 0. The van der Waals surface area contributed by atoms with E-state index in [1.54, 1.807) is 20.9 Å². The molecule has 1 aromatic rings. The molecule has 0 atom stereocenters. The van der Waals surface area contributed by atoms with Gasteiger partial charge in [0.15, 0.2) is 15.8 Å². The molecule has 6 nitrogen and oxygen atoms in total. The summed E-state index contributed by atoms with van der Waals surface area (Å²) < 4.78 is 23.8. The second kappa shape index (κ2) is 8.82. The molecule has 2 heterocycles. The number of sulfone groups is 1. The van der Waals surface area contributed by atoms with Crippen molar-refractivity contribution in [3.05, 3.63) is 35.4 Å². The molecule has 2 saturated heterocycles. The molecule has 0 spiro atoms. The van der Waals surface area contributed by atoms with Gasteiger partial charge in [0.1, 0.15) is 0 Å². The molecule has 28 heavy (non-hydrogen) atoms. The molecular formula is C21H34N4O2S. The van der Waals surface area contributed by atoms with Crippen LogP contribution in [0, 0.1) is 0 Å². The van der Waals surface area contributed by atoms with Crippen molar-refractivity contribution in [2.24, 2.45) is 4.99 Å². The highest BCUT2D eigenvalue weighted by molar-refractivity contribution is 7.92. The lowest BCUT2D eigenvalue weighted by Crippen LogP contribution is -2.57. The van der Waals surface area contributed by atoms with Gasteiger partial charge in [-0.2, -0.15) is 0 Å². The van der Waals surface area contributed by atoms with Crippen molar-refractivity contribution >= 4 is 15.8 Å². The van der Waals surface area contributed by atoms with Gasteiger partial charge in [-0.3, -0.25) is 9.89 Å². The minimum Gasteiger partial charge on any atom is -0.352 e. The molecule has 0 bridgehead atoms. The van der Waals surface area contributed by atoms with Gasteiger partial charge in [0.2, 0.25) is 0 Å². The molecule has 2 aliphatic rings. The fourth-order valence-electron chi connectivity index (χ4n) is 4.07. The van der Waals surface area contributed by atoms with E-state index in [-0.39, 0.29) is 5.75 Å². The van der Waals surface area contributed by atoms with Crippen LogP contribution in [0.1, 0.15) is 44.2 Å². The first kappa shape index (κ1) is 21.1. The molecule has 156 valence electrons. The summed E-state index contributed by atoms with van der Waals surface area (Å²) in [6, 6.07) is 8.57. The van der Waals surface area contributed by atoms with Crippen LogP contribution in [0.5, 0.6) is 0 Å². The summed E-state index contributed by atoms with van der Waals surface area (Å²) in [4.78, 5) is 9.01. The zero-order valence-electron chi connectivity index (χ0n) is 17.4. The van der Waals surface area contributed by atoms with E-state index in [0.29, 0.717) is 19.6 Å². The van der Waals surface area contributed by atoms with Crippen LogP contribution in [0.2, 0.25) is 0 Å². The van der Waals surface area contributed by atoms with Crippen molar-refractivity contribution in [1.29, 1.82) is 0 Å². The Bertz CT molecular complexity index is 798. The summed E-state index contributed by atoms with van der Waals surface area (Å²) in [5.41, 5.74) is 2.63. The molecule has 7 heteroatoms. The topological polar surface area (TPSA) is 65.0 Å². The lowest BCUT2D eigenvalue weighted by atomic mass is 10.0. The van der Waals surface area contributed by atoms with E-state index in [9.17, 15) is 8.42 Å². The average molecular weight is 407 g/mol. The number of guanidine groups is 1. The molecular weight excluding hydrogens is 372 g/mol. The number of hydrogen-bond donors (Lipinski definition) is 1. The Balaban J connectivity index is 1.64.